The third kappa shape index (κ3) is 4.09. The molecule has 1 aromatic carbocycles. The van der Waals surface area contributed by atoms with Gasteiger partial charge in [-0.3, -0.25) is 18.7 Å². The molecule has 0 aliphatic carbocycles. The molecule has 3 rings (SSSR count). The van der Waals surface area contributed by atoms with Crippen LogP contribution in [-0.4, -0.2) is 38.3 Å². The Morgan fingerprint density at radius 2 is 1.84 bits per heavy atom. The molecule has 164 valence electrons. The van der Waals surface area contributed by atoms with E-state index in [0.29, 0.717) is 35.0 Å². The lowest BCUT2D eigenvalue weighted by molar-refractivity contribution is -0.119. The fourth-order valence-corrected chi connectivity index (χ4v) is 3.32. The highest BCUT2D eigenvalue weighted by atomic mass is 16.5. The summed E-state index contributed by atoms with van der Waals surface area (Å²) in [6, 6.07) is 5.19. The molecule has 2 N–H and O–H groups in total. The smallest absolute Gasteiger partial charge is 0.332 e. The minimum absolute atomic E-state index is 0.250. The van der Waals surface area contributed by atoms with E-state index >= 15 is 0 Å². The van der Waals surface area contributed by atoms with Crippen molar-refractivity contribution in [1.82, 2.24) is 18.7 Å². The van der Waals surface area contributed by atoms with Gasteiger partial charge in [-0.05, 0) is 37.6 Å². The predicted octanol–water partition coefficient (Wildman–Crippen LogP) is 0.980. The maximum atomic E-state index is 12.8. The first-order valence-electron chi connectivity index (χ1n) is 9.79. The number of amides is 1. The molecule has 0 aliphatic rings. The summed E-state index contributed by atoms with van der Waals surface area (Å²) >= 11 is 0. The number of nitrogens with zero attached hydrogens (tertiary/aromatic N) is 4. The van der Waals surface area contributed by atoms with Crippen LogP contribution in [0.5, 0.6) is 11.5 Å². The summed E-state index contributed by atoms with van der Waals surface area (Å²) in [6.07, 6.45) is 3.55. The SMILES string of the molecule is CCn1c(=O)c2c(nc(/C=C/c3ccc(OCC(N)=O)c(OC)c3)n2C)n(CC)c1=O. The topological polar surface area (TPSA) is 123 Å². The van der Waals surface area contributed by atoms with E-state index in [0.717, 1.165) is 5.56 Å². The molecule has 10 heteroatoms. The van der Waals surface area contributed by atoms with Crippen LogP contribution in [0.2, 0.25) is 0 Å². The van der Waals surface area contributed by atoms with E-state index < -0.39 is 5.91 Å². The van der Waals surface area contributed by atoms with Gasteiger partial charge in [-0.2, -0.15) is 0 Å². The first-order chi connectivity index (χ1) is 14.8. The molecule has 0 saturated carbocycles. The van der Waals surface area contributed by atoms with Gasteiger partial charge in [0, 0.05) is 20.1 Å². The maximum Gasteiger partial charge on any atom is 0.332 e. The van der Waals surface area contributed by atoms with Crippen molar-refractivity contribution in [3.05, 3.63) is 50.4 Å². The second kappa shape index (κ2) is 8.90. The number of hydrogen-bond acceptors (Lipinski definition) is 6. The molecular formula is C21H25N5O5. The molecule has 0 saturated heterocycles. The molecule has 10 nitrogen and oxygen atoms in total. The normalized spacial score (nSPS) is 11.4. The first-order valence-corrected chi connectivity index (χ1v) is 9.79. The Morgan fingerprint density at radius 3 is 2.45 bits per heavy atom. The van der Waals surface area contributed by atoms with Crippen molar-refractivity contribution in [2.24, 2.45) is 12.8 Å². The van der Waals surface area contributed by atoms with Gasteiger partial charge in [-0.25, -0.2) is 9.78 Å². The van der Waals surface area contributed by atoms with Crippen LogP contribution in [0.15, 0.2) is 27.8 Å². The van der Waals surface area contributed by atoms with Gasteiger partial charge < -0.3 is 19.8 Å². The summed E-state index contributed by atoms with van der Waals surface area (Å²) in [5.74, 6) is 0.781. The number of carbonyl (C=O) groups is 1. The van der Waals surface area contributed by atoms with E-state index in [9.17, 15) is 14.4 Å². The van der Waals surface area contributed by atoms with Crippen molar-refractivity contribution in [2.75, 3.05) is 13.7 Å². The highest BCUT2D eigenvalue weighted by molar-refractivity contribution is 5.77. The summed E-state index contributed by atoms with van der Waals surface area (Å²) in [6.45, 7) is 4.03. The maximum absolute atomic E-state index is 12.8. The van der Waals surface area contributed by atoms with E-state index in [1.54, 1.807) is 48.9 Å². The second-order valence-corrected chi connectivity index (χ2v) is 6.78. The van der Waals surface area contributed by atoms with E-state index in [1.165, 1.54) is 16.2 Å². The van der Waals surface area contributed by atoms with Crippen molar-refractivity contribution in [2.45, 2.75) is 26.9 Å². The van der Waals surface area contributed by atoms with Gasteiger partial charge in [0.05, 0.1) is 7.11 Å². The number of nitrogens with two attached hydrogens (primary N) is 1. The molecule has 0 atom stereocenters. The Bertz CT molecular complexity index is 1280. The van der Waals surface area contributed by atoms with Crippen LogP contribution in [0.3, 0.4) is 0 Å². The van der Waals surface area contributed by atoms with Gasteiger partial charge in [-0.1, -0.05) is 12.1 Å². The van der Waals surface area contributed by atoms with Crippen LogP contribution in [0.25, 0.3) is 23.3 Å². The summed E-state index contributed by atoms with van der Waals surface area (Å²) in [5.41, 5.74) is 5.89. The molecule has 0 bridgehead atoms. The van der Waals surface area contributed by atoms with Crippen molar-refractivity contribution < 1.29 is 14.3 Å². The number of fused-ring (bicyclic) bond motifs is 1. The lowest BCUT2D eigenvalue weighted by Crippen LogP contribution is -2.39. The molecular weight excluding hydrogens is 402 g/mol. The number of methoxy groups -OCH3 is 1. The summed E-state index contributed by atoms with van der Waals surface area (Å²) in [7, 11) is 3.23. The summed E-state index contributed by atoms with van der Waals surface area (Å²) < 4.78 is 15.0. The third-order valence-corrected chi connectivity index (χ3v) is 4.89. The zero-order valence-corrected chi connectivity index (χ0v) is 17.9. The number of imidazole rings is 1. The number of aromatic nitrogens is 4. The number of benzene rings is 1. The largest absolute Gasteiger partial charge is 0.493 e. The van der Waals surface area contributed by atoms with Crippen molar-refractivity contribution in [3.8, 4) is 11.5 Å². The second-order valence-electron chi connectivity index (χ2n) is 6.78. The minimum atomic E-state index is -0.583. The van der Waals surface area contributed by atoms with Gasteiger partial charge in [0.15, 0.2) is 29.3 Å². The van der Waals surface area contributed by atoms with Crippen LogP contribution in [0.1, 0.15) is 25.2 Å². The molecule has 0 unspecified atom stereocenters. The molecule has 0 fully saturated rings. The average Bonchev–Trinajstić information content (AvgIpc) is 3.07. The lowest BCUT2D eigenvalue weighted by Gasteiger charge is -2.09. The number of aryl methyl sites for hydroxylation is 2. The summed E-state index contributed by atoms with van der Waals surface area (Å²) in [5, 5.41) is 0. The molecule has 0 spiro atoms. The van der Waals surface area contributed by atoms with E-state index in [2.05, 4.69) is 4.98 Å². The van der Waals surface area contributed by atoms with E-state index in [4.69, 9.17) is 15.2 Å². The Labute approximate surface area is 178 Å². The first kappa shape index (κ1) is 21.9. The van der Waals surface area contributed by atoms with E-state index in [-0.39, 0.29) is 24.4 Å². The Morgan fingerprint density at radius 1 is 1.13 bits per heavy atom. The Kier molecular flexibility index (Phi) is 6.28. The molecule has 31 heavy (non-hydrogen) atoms. The Hall–Kier alpha value is -3.82. The minimum Gasteiger partial charge on any atom is -0.493 e. The summed E-state index contributed by atoms with van der Waals surface area (Å²) in [4.78, 5) is 40.8. The van der Waals surface area contributed by atoms with Gasteiger partial charge in [0.2, 0.25) is 0 Å². The third-order valence-electron chi connectivity index (χ3n) is 4.89. The van der Waals surface area contributed by atoms with Crippen molar-refractivity contribution in [3.63, 3.8) is 0 Å². The van der Waals surface area contributed by atoms with Gasteiger partial charge >= 0.3 is 5.69 Å². The van der Waals surface area contributed by atoms with Gasteiger partial charge in [0.1, 0.15) is 5.82 Å². The van der Waals surface area contributed by atoms with Gasteiger partial charge in [-0.15, -0.1) is 0 Å². The highest BCUT2D eigenvalue weighted by Gasteiger charge is 2.17. The van der Waals surface area contributed by atoms with Crippen molar-refractivity contribution in [1.29, 1.82) is 0 Å². The fourth-order valence-electron chi connectivity index (χ4n) is 3.32. The number of carbonyl (C=O) groups excluding carboxylic acids is 1. The monoisotopic (exact) mass is 427 g/mol. The van der Waals surface area contributed by atoms with Gasteiger partial charge in [0.25, 0.3) is 11.5 Å². The molecule has 0 radical (unpaired) electrons. The number of rotatable bonds is 8. The highest BCUT2D eigenvalue weighted by Crippen LogP contribution is 2.28. The molecule has 3 aromatic rings. The number of primary amides is 1. The van der Waals surface area contributed by atoms with Crippen LogP contribution in [0, 0.1) is 0 Å². The van der Waals surface area contributed by atoms with Crippen LogP contribution in [-0.2, 0) is 24.9 Å². The Balaban J connectivity index is 2.03. The fraction of sp³-hybridized carbons (Fsp3) is 0.333. The standard InChI is InChI=1S/C21H25N5O5/c1-5-25-19-18(20(28)26(6-2)21(25)29)24(3)17(23-19)10-8-13-7-9-14(15(11-13)30-4)31-12-16(22)27/h7-11H,5-6,12H2,1-4H3,(H2,22,27)/b10-8+. The zero-order chi connectivity index (χ0) is 22.7. The van der Waals surface area contributed by atoms with E-state index in [1.807, 2.05) is 6.92 Å². The van der Waals surface area contributed by atoms with Crippen molar-refractivity contribution >= 4 is 29.2 Å². The lowest BCUT2D eigenvalue weighted by atomic mass is 10.2. The van der Waals surface area contributed by atoms with Crippen LogP contribution >= 0.6 is 0 Å². The predicted molar refractivity (Wildman–Crippen MR) is 117 cm³/mol. The van der Waals surface area contributed by atoms with Crippen LogP contribution in [0.4, 0.5) is 0 Å². The number of hydrogen-bond donors (Lipinski definition) is 1. The average molecular weight is 427 g/mol. The quantitative estimate of drug-likeness (QED) is 0.572. The molecule has 2 heterocycles. The zero-order valence-electron chi connectivity index (χ0n) is 17.9. The molecule has 2 aromatic heterocycles. The van der Waals surface area contributed by atoms with Crippen LogP contribution < -0.4 is 26.5 Å². The molecule has 0 aliphatic heterocycles. The molecule has 1 amide bonds. The number of ether oxygens (including phenoxy) is 2.